The Labute approximate surface area is 119 Å². The van der Waals surface area contributed by atoms with Crippen molar-refractivity contribution in [3.63, 3.8) is 0 Å². The molecule has 0 aliphatic rings. The van der Waals surface area contributed by atoms with Crippen LogP contribution in [0.15, 0.2) is 18.3 Å². The molecule has 0 bridgehead atoms. The van der Waals surface area contributed by atoms with Crippen molar-refractivity contribution in [1.82, 2.24) is 4.57 Å². The number of rotatable bonds is 7. The fourth-order valence-corrected chi connectivity index (χ4v) is 2.48. The van der Waals surface area contributed by atoms with Gasteiger partial charge in [0.25, 0.3) is 0 Å². The van der Waals surface area contributed by atoms with E-state index in [1.807, 2.05) is 19.9 Å². The SMILES string of the molecule is CCOc1cc2c(CC)cn(CCO)c2cc1OCC. The van der Waals surface area contributed by atoms with Crippen LogP contribution in [0.25, 0.3) is 10.9 Å². The largest absolute Gasteiger partial charge is 0.490 e. The Kier molecular flexibility index (Phi) is 4.90. The summed E-state index contributed by atoms with van der Waals surface area (Å²) in [5.41, 5.74) is 2.35. The fraction of sp³-hybridized carbons (Fsp3) is 0.500. The fourth-order valence-electron chi connectivity index (χ4n) is 2.48. The molecule has 1 aromatic heterocycles. The van der Waals surface area contributed by atoms with Gasteiger partial charge in [-0.05, 0) is 31.9 Å². The van der Waals surface area contributed by atoms with Gasteiger partial charge < -0.3 is 19.1 Å². The Bertz CT molecular complexity index is 575. The van der Waals surface area contributed by atoms with Gasteiger partial charge >= 0.3 is 0 Å². The summed E-state index contributed by atoms with van der Waals surface area (Å²) in [6.45, 7) is 8.01. The zero-order chi connectivity index (χ0) is 14.5. The Morgan fingerprint density at radius 3 is 2.25 bits per heavy atom. The molecule has 0 atom stereocenters. The average molecular weight is 277 g/mol. The Morgan fingerprint density at radius 1 is 1.05 bits per heavy atom. The highest BCUT2D eigenvalue weighted by Gasteiger charge is 2.13. The molecule has 0 aliphatic heterocycles. The van der Waals surface area contributed by atoms with Crippen molar-refractivity contribution in [2.45, 2.75) is 33.7 Å². The lowest BCUT2D eigenvalue weighted by Crippen LogP contribution is -2.02. The smallest absolute Gasteiger partial charge is 0.163 e. The minimum atomic E-state index is 0.129. The number of hydrogen-bond donors (Lipinski definition) is 1. The summed E-state index contributed by atoms with van der Waals surface area (Å²) < 4.78 is 13.4. The topological polar surface area (TPSA) is 43.6 Å². The highest BCUT2D eigenvalue weighted by molar-refractivity contribution is 5.87. The van der Waals surface area contributed by atoms with Crippen LogP contribution in [0.5, 0.6) is 11.5 Å². The van der Waals surface area contributed by atoms with Crippen molar-refractivity contribution in [3.05, 3.63) is 23.9 Å². The molecule has 4 heteroatoms. The molecular formula is C16H23NO3. The average Bonchev–Trinajstić information content (AvgIpc) is 2.78. The van der Waals surface area contributed by atoms with Gasteiger partial charge in [0.2, 0.25) is 0 Å². The number of aliphatic hydroxyl groups is 1. The highest BCUT2D eigenvalue weighted by Crippen LogP contribution is 2.35. The maximum atomic E-state index is 9.20. The first-order valence-corrected chi connectivity index (χ1v) is 7.27. The zero-order valence-corrected chi connectivity index (χ0v) is 12.5. The van der Waals surface area contributed by atoms with Crippen LogP contribution in [0, 0.1) is 0 Å². The van der Waals surface area contributed by atoms with E-state index in [9.17, 15) is 5.11 Å². The minimum Gasteiger partial charge on any atom is -0.490 e. The second-order valence-corrected chi connectivity index (χ2v) is 4.61. The van der Waals surface area contributed by atoms with E-state index in [-0.39, 0.29) is 6.61 Å². The van der Waals surface area contributed by atoms with Crippen molar-refractivity contribution in [2.75, 3.05) is 19.8 Å². The molecule has 2 aromatic rings. The molecule has 0 spiro atoms. The summed E-state index contributed by atoms with van der Waals surface area (Å²) >= 11 is 0. The van der Waals surface area contributed by atoms with Gasteiger partial charge in [0.1, 0.15) is 0 Å². The molecule has 20 heavy (non-hydrogen) atoms. The van der Waals surface area contributed by atoms with E-state index >= 15 is 0 Å². The number of fused-ring (bicyclic) bond motifs is 1. The molecule has 0 saturated heterocycles. The summed E-state index contributed by atoms with van der Waals surface area (Å²) in [6.07, 6.45) is 3.06. The Hall–Kier alpha value is -1.68. The van der Waals surface area contributed by atoms with Crippen LogP contribution >= 0.6 is 0 Å². The van der Waals surface area contributed by atoms with Crippen molar-refractivity contribution in [2.24, 2.45) is 0 Å². The predicted octanol–water partition coefficient (Wildman–Crippen LogP) is 2.99. The lowest BCUT2D eigenvalue weighted by atomic mass is 10.1. The van der Waals surface area contributed by atoms with E-state index in [2.05, 4.69) is 23.8 Å². The maximum absolute atomic E-state index is 9.20. The molecule has 4 nitrogen and oxygen atoms in total. The van der Waals surface area contributed by atoms with E-state index in [0.29, 0.717) is 19.8 Å². The molecule has 0 saturated carbocycles. The summed E-state index contributed by atoms with van der Waals surface area (Å²) in [4.78, 5) is 0. The van der Waals surface area contributed by atoms with Crippen LogP contribution in [0.1, 0.15) is 26.3 Å². The number of ether oxygens (including phenoxy) is 2. The number of aliphatic hydroxyl groups excluding tert-OH is 1. The number of aryl methyl sites for hydroxylation is 1. The second-order valence-electron chi connectivity index (χ2n) is 4.61. The van der Waals surface area contributed by atoms with E-state index in [1.54, 1.807) is 0 Å². The molecule has 0 amide bonds. The quantitative estimate of drug-likeness (QED) is 0.846. The van der Waals surface area contributed by atoms with Crippen LogP contribution in [0.2, 0.25) is 0 Å². The first-order chi connectivity index (χ1) is 9.74. The Balaban J connectivity index is 2.60. The zero-order valence-electron chi connectivity index (χ0n) is 12.5. The van der Waals surface area contributed by atoms with Gasteiger partial charge in [-0.25, -0.2) is 0 Å². The second kappa shape index (κ2) is 6.66. The standard InChI is InChI=1S/C16H23NO3/c1-4-12-11-17(7-8-18)14-10-16(20-6-3)15(19-5-2)9-13(12)14/h9-11,18H,4-8H2,1-3H3. The van der Waals surface area contributed by atoms with Crippen LogP contribution in [0.4, 0.5) is 0 Å². The van der Waals surface area contributed by atoms with Crippen molar-refractivity contribution < 1.29 is 14.6 Å². The van der Waals surface area contributed by atoms with Gasteiger partial charge in [-0.2, -0.15) is 0 Å². The van der Waals surface area contributed by atoms with Crippen molar-refractivity contribution >= 4 is 10.9 Å². The molecule has 110 valence electrons. The third kappa shape index (κ3) is 2.75. The highest BCUT2D eigenvalue weighted by atomic mass is 16.5. The van der Waals surface area contributed by atoms with Crippen LogP contribution in [-0.2, 0) is 13.0 Å². The van der Waals surface area contributed by atoms with E-state index in [0.717, 1.165) is 23.4 Å². The summed E-state index contributed by atoms with van der Waals surface area (Å²) in [5.74, 6) is 1.56. The maximum Gasteiger partial charge on any atom is 0.163 e. The minimum absolute atomic E-state index is 0.129. The third-order valence-corrected chi connectivity index (χ3v) is 3.35. The number of aromatic nitrogens is 1. The molecule has 0 aliphatic carbocycles. The summed E-state index contributed by atoms with van der Waals surface area (Å²) in [7, 11) is 0. The van der Waals surface area contributed by atoms with Gasteiger partial charge in [0, 0.05) is 24.2 Å². The first-order valence-electron chi connectivity index (χ1n) is 7.27. The monoisotopic (exact) mass is 277 g/mol. The van der Waals surface area contributed by atoms with E-state index in [4.69, 9.17) is 9.47 Å². The van der Waals surface area contributed by atoms with Gasteiger partial charge in [-0.3, -0.25) is 0 Å². The van der Waals surface area contributed by atoms with E-state index < -0.39 is 0 Å². The van der Waals surface area contributed by atoms with Gasteiger partial charge in [0.05, 0.1) is 25.3 Å². The summed E-state index contributed by atoms with van der Waals surface area (Å²) in [6, 6.07) is 4.06. The third-order valence-electron chi connectivity index (χ3n) is 3.35. The van der Waals surface area contributed by atoms with Crippen molar-refractivity contribution in [3.8, 4) is 11.5 Å². The van der Waals surface area contributed by atoms with Gasteiger partial charge in [-0.15, -0.1) is 0 Å². The first kappa shape index (κ1) is 14.7. The van der Waals surface area contributed by atoms with E-state index in [1.165, 1.54) is 10.9 Å². The number of nitrogens with zero attached hydrogens (tertiary/aromatic N) is 1. The molecule has 2 rings (SSSR count). The Morgan fingerprint density at radius 2 is 1.70 bits per heavy atom. The number of benzene rings is 1. The van der Waals surface area contributed by atoms with Gasteiger partial charge in [-0.1, -0.05) is 6.92 Å². The molecular weight excluding hydrogens is 254 g/mol. The lowest BCUT2D eigenvalue weighted by molar-refractivity contribution is 0.277. The van der Waals surface area contributed by atoms with Crippen LogP contribution in [0.3, 0.4) is 0 Å². The normalized spacial score (nSPS) is 11.0. The number of hydrogen-bond acceptors (Lipinski definition) is 3. The van der Waals surface area contributed by atoms with Crippen LogP contribution < -0.4 is 9.47 Å². The molecule has 0 fully saturated rings. The lowest BCUT2D eigenvalue weighted by Gasteiger charge is -2.12. The molecule has 1 N–H and O–H groups in total. The van der Waals surface area contributed by atoms with Crippen LogP contribution in [-0.4, -0.2) is 29.5 Å². The van der Waals surface area contributed by atoms with Gasteiger partial charge in [0.15, 0.2) is 11.5 Å². The molecule has 1 heterocycles. The molecule has 1 aromatic carbocycles. The molecule has 0 radical (unpaired) electrons. The summed E-state index contributed by atoms with van der Waals surface area (Å²) in [5, 5.41) is 10.4. The molecule has 0 unspecified atom stereocenters. The van der Waals surface area contributed by atoms with Crippen molar-refractivity contribution in [1.29, 1.82) is 0 Å². The predicted molar refractivity (Wildman–Crippen MR) is 80.7 cm³/mol.